The van der Waals surface area contributed by atoms with Gasteiger partial charge >= 0.3 is 0 Å². The molecular formula is C13H18BrNO. The van der Waals surface area contributed by atoms with Crippen LogP contribution in [0.15, 0.2) is 16.6 Å². The van der Waals surface area contributed by atoms with Crippen LogP contribution in [0.1, 0.15) is 36.4 Å². The van der Waals surface area contributed by atoms with Gasteiger partial charge in [-0.25, -0.2) is 0 Å². The number of hydrogen-bond acceptors (Lipinski definition) is 2. The van der Waals surface area contributed by atoms with Gasteiger partial charge in [-0.05, 0) is 65.5 Å². The molecule has 0 saturated carbocycles. The Morgan fingerprint density at radius 3 is 2.81 bits per heavy atom. The Morgan fingerprint density at radius 1 is 1.38 bits per heavy atom. The van der Waals surface area contributed by atoms with Gasteiger partial charge in [0.25, 0.3) is 0 Å². The van der Waals surface area contributed by atoms with Crippen molar-refractivity contribution >= 4 is 15.9 Å². The van der Waals surface area contributed by atoms with Crippen LogP contribution in [0, 0.1) is 6.92 Å². The van der Waals surface area contributed by atoms with Gasteiger partial charge in [0.1, 0.15) is 5.75 Å². The molecule has 2 nitrogen and oxygen atoms in total. The van der Waals surface area contributed by atoms with Gasteiger partial charge in [0.05, 0.1) is 11.6 Å². The van der Waals surface area contributed by atoms with Crippen molar-refractivity contribution in [2.75, 3.05) is 13.7 Å². The van der Waals surface area contributed by atoms with E-state index in [0.717, 1.165) is 16.8 Å². The second-order valence-electron chi connectivity index (χ2n) is 4.35. The van der Waals surface area contributed by atoms with Gasteiger partial charge in [0.2, 0.25) is 0 Å². The summed E-state index contributed by atoms with van der Waals surface area (Å²) in [5.41, 5.74) is 2.70. The molecule has 2 rings (SSSR count). The Balaban J connectivity index is 2.31. The smallest absolute Gasteiger partial charge is 0.133 e. The van der Waals surface area contributed by atoms with Gasteiger partial charge < -0.3 is 10.1 Å². The van der Waals surface area contributed by atoms with Crippen molar-refractivity contribution in [1.82, 2.24) is 5.32 Å². The highest BCUT2D eigenvalue weighted by Crippen LogP contribution is 2.33. The monoisotopic (exact) mass is 283 g/mol. The lowest BCUT2D eigenvalue weighted by molar-refractivity contribution is 0.397. The average molecular weight is 284 g/mol. The quantitative estimate of drug-likeness (QED) is 0.896. The average Bonchev–Trinajstić information content (AvgIpc) is 2.30. The Morgan fingerprint density at radius 2 is 2.19 bits per heavy atom. The van der Waals surface area contributed by atoms with Gasteiger partial charge in [-0.15, -0.1) is 0 Å². The lowest BCUT2D eigenvalue weighted by Gasteiger charge is -2.26. The molecule has 1 aromatic carbocycles. The highest BCUT2D eigenvalue weighted by Gasteiger charge is 2.18. The molecule has 0 radical (unpaired) electrons. The van der Waals surface area contributed by atoms with E-state index in [0.29, 0.717) is 6.04 Å². The van der Waals surface area contributed by atoms with Crippen LogP contribution in [0.25, 0.3) is 0 Å². The van der Waals surface area contributed by atoms with E-state index < -0.39 is 0 Å². The number of aryl methyl sites for hydroxylation is 1. The lowest BCUT2D eigenvalue weighted by Crippen LogP contribution is -2.27. The number of methoxy groups -OCH3 is 1. The number of piperidine rings is 1. The second kappa shape index (κ2) is 5.19. The number of ether oxygens (including phenoxy) is 1. The molecule has 1 atom stereocenters. The molecule has 88 valence electrons. The summed E-state index contributed by atoms with van der Waals surface area (Å²) in [7, 11) is 1.72. The Kier molecular flexibility index (Phi) is 3.87. The fraction of sp³-hybridized carbons (Fsp3) is 0.538. The fourth-order valence-corrected chi connectivity index (χ4v) is 2.94. The third-order valence-electron chi connectivity index (χ3n) is 3.23. The number of halogens is 1. The Hall–Kier alpha value is -0.540. The van der Waals surface area contributed by atoms with Crippen LogP contribution in [0.4, 0.5) is 0 Å². The zero-order valence-corrected chi connectivity index (χ0v) is 11.4. The molecule has 1 heterocycles. The van der Waals surface area contributed by atoms with Crippen LogP contribution >= 0.6 is 15.9 Å². The summed E-state index contributed by atoms with van der Waals surface area (Å²) in [6.07, 6.45) is 3.84. The largest absolute Gasteiger partial charge is 0.496 e. The van der Waals surface area contributed by atoms with Gasteiger partial charge in [-0.1, -0.05) is 6.42 Å². The summed E-state index contributed by atoms with van der Waals surface area (Å²) in [6, 6.07) is 4.79. The first-order valence-corrected chi connectivity index (χ1v) is 6.59. The normalized spacial score (nSPS) is 20.8. The highest BCUT2D eigenvalue weighted by molar-refractivity contribution is 9.10. The zero-order chi connectivity index (χ0) is 11.5. The topological polar surface area (TPSA) is 21.3 Å². The maximum atomic E-state index is 5.36. The fourth-order valence-electron chi connectivity index (χ4n) is 2.32. The van der Waals surface area contributed by atoms with E-state index in [2.05, 4.69) is 40.3 Å². The van der Waals surface area contributed by atoms with Crippen molar-refractivity contribution in [2.24, 2.45) is 0 Å². The van der Waals surface area contributed by atoms with Crippen LogP contribution in [-0.4, -0.2) is 13.7 Å². The molecule has 1 aromatic rings. The molecule has 0 spiro atoms. The maximum absolute atomic E-state index is 5.36. The van der Waals surface area contributed by atoms with Gasteiger partial charge in [0.15, 0.2) is 0 Å². The van der Waals surface area contributed by atoms with Crippen LogP contribution in [-0.2, 0) is 0 Å². The first-order valence-electron chi connectivity index (χ1n) is 5.80. The van der Waals surface area contributed by atoms with Crippen LogP contribution in [0.2, 0.25) is 0 Å². The van der Waals surface area contributed by atoms with Crippen molar-refractivity contribution in [1.29, 1.82) is 0 Å². The number of hydrogen-bond donors (Lipinski definition) is 1. The minimum Gasteiger partial charge on any atom is -0.496 e. The van der Waals surface area contributed by atoms with E-state index in [-0.39, 0.29) is 0 Å². The third kappa shape index (κ3) is 2.41. The zero-order valence-electron chi connectivity index (χ0n) is 9.85. The summed E-state index contributed by atoms with van der Waals surface area (Å²) >= 11 is 3.52. The van der Waals surface area contributed by atoms with E-state index in [1.165, 1.54) is 30.4 Å². The first-order chi connectivity index (χ1) is 7.72. The van der Waals surface area contributed by atoms with E-state index >= 15 is 0 Å². The SMILES string of the molecule is COc1cc(C2CCCCN2)c(C)cc1Br. The van der Waals surface area contributed by atoms with Gasteiger partial charge in [0, 0.05) is 6.04 Å². The van der Waals surface area contributed by atoms with Crippen LogP contribution in [0.3, 0.4) is 0 Å². The van der Waals surface area contributed by atoms with Crippen molar-refractivity contribution in [3.8, 4) is 5.75 Å². The summed E-state index contributed by atoms with van der Waals surface area (Å²) in [6.45, 7) is 3.29. The Bertz CT molecular complexity index is 372. The molecule has 1 saturated heterocycles. The van der Waals surface area contributed by atoms with Gasteiger partial charge in [-0.2, -0.15) is 0 Å². The molecule has 0 aliphatic carbocycles. The molecule has 1 aliphatic heterocycles. The predicted octanol–water partition coefficient (Wildman–Crippen LogP) is 3.58. The van der Waals surface area contributed by atoms with E-state index in [9.17, 15) is 0 Å². The third-order valence-corrected chi connectivity index (χ3v) is 3.85. The van der Waals surface area contributed by atoms with Crippen molar-refractivity contribution < 1.29 is 4.74 Å². The van der Waals surface area contributed by atoms with Crippen LogP contribution < -0.4 is 10.1 Å². The summed E-state index contributed by atoms with van der Waals surface area (Å²) in [5, 5.41) is 3.58. The number of nitrogens with one attached hydrogen (secondary N) is 1. The molecule has 3 heteroatoms. The summed E-state index contributed by atoms with van der Waals surface area (Å²) < 4.78 is 6.39. The number of benzene rings is 1. The lowest BCUT2D eigenvalue weighted by atomic mass is 9.94. The van der Waals surface area contributed by atoms with E-state index in [1.807, 2.05) is 0 Å². The second-order valence-corrected chi connectivity index (χ2v) is 5.20. The highest BCUT2D eigenvalue weighted by atomic mass is 79.9. The molecule has 16 heavy (non-hydrogen) atoms. The Labute approximate surface area is 106 Å². The minimum atomic E-state index is 0.496. The van der Waals surface area contributed by atoms with Crippen molar-refractivity contribution in [3.63, 3.8) is 0 Å². The van der Waals surface area contributed by atoms with Crippen molar-refractivity contribution in [2.45, 2.75) is 32.2 Å². The molecule has 1 N–H and O–H groups in total. The standard InChI is InChI=1S/C13H18BrNO/c1-9-7-11(14)13(16-2)8-10(9)12-5-3-4-6-15-12/h7-8,12,15H,3-6H2,1-2H3. The maximum Gasteiger partial charge on any atom is 0.133 e. The molecular weight excluding hydrogens is 266 g/mol. The molecule has 1 unspecified atom stereocenters. The van der Waals surface area contributed by atoms with E-state index in [4.69, 9.17) is 4.74 Å². The van der Waals surface area contributed by atoms with Crippen LogP contribution in [0.5, 0.6) is 5.75 Å². The predicted molar refractivity (Wildman–Crippen MR) is 70.0 cm³/mol. The molecule has 0 aromatic heterocycles. The molecule has 0 amide bonds. The minimum absolute atomic E-state index is 0.496. The van der Waals surface area contributed by atoms with Gasteiger partial charge in [-0.3, -0.25) is 0 Å². The van der Waals surface area contributed by atoms with Crippen molar-refractivity contribution in [3.05, 3.63) is 27.7 Å². The first kappa shape index (κ1) is 11.9. The van der Waals surface area contributed by atoms with E-state index in [1.54, 1.807) is 7.11 Å². The summed E-state index contributed by atoms with van der Waals surface area (Å²) in [5.74, 6) is 0.924. The molecule has 1 fully saturated rings. The molecule has 0 bridgehead atoms. The summed E-state index contributed by atoms with van der Waals surface area (Å²) in [4.78, 5) is 0. The number of rotatable bonds is 2. The molecule has 1 aliphatic rings.